The molecule has 0 saturated heterocycles. The highest BCUT2D eigenvalue weighted by atomic mass is 19.1. The molecule has 0 atom stereocenters. The molecular formula is C12H18FNO. The van der Waals surface area contributed by atoms with Crippen LogP contribution in [0.2, 0.25) is 0 Å². The van der Waals surface area contributed by atoms with Gasteiger partial charge in [0.2, 0.25) is 0 Å². The van der Waals surface area contributed by atoms with E-state index in [1.54, 1.807) is 12.1 Å². The molecule has 0 spiro atoms. The number of ether oxygens (including phenoxy) is 1. The van der Waals surface area contributed by atoms with E-state index in [-0.39, 0.29) is 5.82 Å². The van der Waals surface area contributed by atoms with Crippen molar-refractivity contribution in [3.8, 4) is 5.75 Å². The van der Waals surface area contributed by atoms with E-state index in [0.717, 1.165) is 32.2 Å². The van der Waals surface area contributed by atoms with Crippen molar-refractivity contribution in [2.45, 2.75) is 25.7 Å². The molecule has 0 aromatic heterocycles. The number of halogens is 1. The highest BCUT2D eigenvalue weighted by Gasteiger charge is 1.95. The van der Waals surface area contributed by atoms with Crippen molar-refractivity contribution in [1.29, 1.82) is 0 Å². The summed E-state index contributed by atoms with van der Waals surface area (Å²) >= 11 is 0. The number of benzene rings is 1. The minimum Gasteiger partial charge on any atom is -0.493 e. The molecule has 0 unspecified atom stereocenters. The van der Waals surface area contributed by atoms with Gasteiger partial charge in [-0.25, -0.2) is 4.39 Å². The summed E-state index contributed by atoms with van der Waals surface area (Å²) in [6, 6.07) is 6.23. The van der Waals surface area contributed by atoms with E-state index in [0.29, 0.717) is 12.4 Å². The van der Waals surface area contributed by atoms with Gasteiger partial charge in [-0.2, -0.15) is 0 Å². The Balaban J connectivity index is 2.10. The Kier molecular flexibility index (Phi) is 5.78. The highest BCUT2D eigenvalue weighted by Crippen LogP contribution is 2.12. The lowest BCUT2D eigenvalue weighted by Gasteiger charge is -2.05. The van der Waals surface area contributed by atoms with Gasteiger partial charge < -0.3 is 10.5 Å². The highest BCUT2D eigenvalue weighted by molar-refractivity contribution is 5.22. The van der Waals surface area contributed by atoms with E-state index in [1.807, 2.05) is 0 Å². The molecule has 0 aliphatic carbocycles. The van der Waals surface area contributed by atoms with Gasteiger partial charge >= 0.3 is 0 Å². The van der Waals surface area contributed by atoms with Crippen molar-refractivity contribution >= 4 is 0 Å². The summed E-state index contributed by atoms with van der Waals surface area (Å²) in [5.74, 6) is 0.351. The van der Waals surface area contributed by atoms with Crippen LogP contribution in [0.25, 0.3) is 0 Å². The molecule has 0 radical (unpaired) electrons. The summed E-state index contributed by atoms with van der Waals surface area (Å²) in [6.45, 7) is 1.40. The van der Waals surface area contributed by atoms with E-state index in [4.69, 9.17) is 10.5 Å². The number of unbranched alkanes of at least 4 members (excludes halogenated alkanes) is 3. The minimum atomic E-state index is -0.254. The van der Waals surface area contributed by atoms with Crippen LogP contribution in [0.1, 0.15) is 25.7 Å². The standard InChI is InChI=1S/C12H18FNO/c13-11-6-5-7-12(10-11)15-9-4-2-1-3-8-14/h5-7,10H,1-4,8-9,14H2. The van der Waals surface area contributed by atoms with Crippen LogP contribution in [-0.2, 0) is 0 Å². The SMILES string of the molecule is NCCCCCCOc1cccc(F)c1. The molecule has 3 heteroatoms. The maximum Gasteiger partial charge on any atom is 0.126 e. The van der Waals surface area contributed by atoms with Gasteiger partial charge in [0.1, 0.15) is 11.6 Å². The first-order chi connectivity index (χ1) is 7.33. The quantitative estimate of drug-likeness (QED) is 0.704. The Bertz CT molecular complexity index is 278. The van der Waals surface area contributed by atoms with E-state index < -0.39 is 0 Å². The molecule has 0 fully saturated rings. The molecule has 1 aromatic carbocycles. The zero-order chi connectivity index (χ0) is 10.9. The molecule has 15 heavy (non-hydrogen) atoms. The molecule has 84 valence electrons. The Morgan fingerprint density at radius 2 is 1.93 bits per heavy atom. The zero-order valence-corrected chi connectivity index (χ0v) is 8.92. The summed E-state index contributed by atoms with van der Waals surface area (Å²) in [7, 11) is 0. The third-order valence-electron chi connectivity index (χ3n) is 2.16. The summed E-state index contributed by atoms with van der Waals surface area (Å²) < 4.78 is 18.1. The fraction of sp³-hybridized carbons (Fsp3) is 0.500. The van der Waals surface area contributed by atoms with Crippen molar-refractivity contribution in [1.82, 2.24) is 0 Å². The molecule has 2 N–H and O–H groups in total. The topological polar surface area (TPSA) is 35.2 Å². The van der Waals surface area contributed by atoms with E-state index >= 15 is 0 Å². The first kappa shape index (κ1) is 12.0. The van der Waals surface area contributed by atoms with Crippen molar-refractivity contribution < 1.29 is 9.13 Å². The van der Waals surface area contributed by atoms with Crippen LogP contribution >= 0.6 is 0 Å². The predicted molar refractivity (Wildman–Crippen MR) is 59.4 cm³/mol. The van der Waals surface area contributed by atoms with Crippen molar-refractivity contribution in [2.75, 3.05) is 13.2 Å². The summed E-state index contributed by atoms with van der Waals surface area (Å²) in [4.78, 5) is 0. The largest absolute Gasteiger partial charge is 0.493 e. The fourth-order valence-corrected chi connectivity index (χ4v) is 1.35. The Labute approximate surface area is 90.2 Å². The lowest BCUT2D eigenvalue weighted by Crippen LogP contribution is -2.00. The second kappa shape index (κ2) is 7.23. The number of hydrogen-bond donors (Lipinski definition) is 1. The van der Waals surface area contributed by atoms with Gasteiger partial charge in [0.05, 0.1) is 6.61 Å². The average Bonchev–Trinajstić information content (AvgIpc) is 2.23. The van der Waals surface area contributed by atoms with E-state index in [1.165, 1.54) is 12.1 Å². The van der Waals surface area contributed by atoms with Crippen LogP contribution in [0.3, 0.4) is 0 Å². The maximum absolute atomic E-state index is 12.7. The molecule has 0 bridgehead atoms. The molecule has 0 aliphatic heterocycles. The smallest absolute Gasteiger partial charge is 0.126 e. The summed E-state index contributed by atoms with van der Waals surface area (Å²) in [5, 5.41) is 0. The maximum atomic E-state index is 12.7. The first-order valence-corrected chi connectivity index (χ1v) is 5.41. The lowest BCUT2D eigenvalue weighted by molar-refractivity contribution is 0.303. The average molecular weight is 211 g/mol. The van der Waals surface area contributed by atoms with Crippen LogP contribution in [-0.4, -0.2) is 13.2 Å². The second-order valence-electron chi connectivity index (χ2n) is 3.51. The normalized spacial score (nSPS) is 10.3. The zero-order valence-electron chi connectivity index (χ0n) is 8.92. The molecule has 0 saturated carbocycles. The molecule has 2 nitrogen and oxygen atoms in total. The van der Waals surface area contributed by atoms with Crippen LogP contribution < -0.4 is 10.5 Å². The van der Waals surface area contributed by atoms with Crippen LogP contribution in [0.4, 0.5) is 4.39 Å². The second-order valence-corrected chi connectivity index (χ2v) is 3.51. The number of nitrogens with two attached hydrogens (primary N) is 1. The minimum absolute atomic E-state index is 0.254. The molecule has 1 rings (SSSR count). The number of hydrogen-bond acceptors (Lipinski definition) is 2. The Hall–Kier alpha value is -1.09. The van der Waals surface area contributed by atoms with Gasteiger partial charge in [0, 0.05) is 6.07 Å². The van der Waals surface area contributed by atoms with E-state index in [9.17, 15) is 4.39 Å². The first-order valence-electron chi connectivity index (χ1n) is 5.41. The van der Waals surface area contributed by atoms with Crippen molar-refractivity contribution in [3.63, 3.8) is 0 Å². The third-order valence-corrected chi connectivity index (χ3v) is 2.16. The van der Waals surface area contributed by atoms with Gasteiger partial charge in [-0.1, -0.05) is 18.9 Å². The predicted octanol–water partition coefficient (Wildman–Crippen LogP) is 2.72. The van der Waals surface area contributed by atoms with Crippen molar-refractivity contribution in [3.05, 3.63) is 30.1 Å². The van der Waals surface area contributed by atoms with Crippen molar-refractivity contribution in [2.24, 2.45) is 5.73 Å². The Morgan fingerprint density at radius 3 is 2.67 bits per heavy atom. The van der Waals surface area contributed by atoms with Gasteiger partial charge in [0.25, 0.3) is 0 Å². The van der Waals surface area contributed by atoms with Gasteiger partial charge in [-0.3, -0.25) is 0 Å². The number of rotatable bonds is 7. The monoisotopic (exact) mass is 211 g/mol. The van der Waals surface area contributed by atoms with Crippen LogP contribution in [0.5, 0.6) is 5.75 Å². The molecule has 0 amide bonds. The van der Waals surface area contributed by atoms with Crippen LogP contribution in [0, 0.1) is 5.82 Å². The fourth-order valence-electron chi connectivity index (χ4n) is 1.35. The molecular weight excluding hydrogens is 193 g/mol. The molecule has 0 aliphatic rings. The lowest BCUT2D eigenvalue weighted by atomic mass is 10.2. The van der Waals surface area contributed by atoms with Gasteiger partial charge in [-0.05, 0) is 31.5 Å². The van der Waals surface area contributed by atoms with Crippen LogP contribution in [0.15, 0.2) is 24.3 Å². The Morgan fingerprint density at radius 1 is 1.13 bits per heavy atom. The van der Waals surface area contributed by atoms with Gasteiger partial charge in [-0.15, -0.1) is 0 Å². The third kappa shape index (κ3) is 5.37. The van der Waals surface area contributed by atoms with E-state index in [2.05, 4.69) is 0 Å². The summed E-state index contributed by atoms with van der Waals surface area (Å²) in [5.41, 5.74) is 5.38. The summed E-state index contributed by atoms with van der Waals surface area (Å²) in [6.07, 6.45) is 4.33. The molecule has 0 heterocycles. The molecule has 1 aromatic rings. The van der Waals surface area contributed by atoms with Gasteiger partial charge in [0.15, 0.2) is 0 Å².